The van der Waals surface area contributed by atoms with Gasteiger partial charge in [-0.2, -0.15) is 0 Å². The molecule has 11 heteroatoms. The first-order valence-electron chi connectivity index (χ1n) is 37.5. The van der Waals surface area contributed by atoms with Crippen LogP contribution in [0.3, 0.4) is 0 Å². The molecule has 0 amide bonds. The molecule has 0 radical (unpaired) electrons. The van der Waals surface area contributed by atoms with Crippen molar-refractivity contribution in [2.24, 2.45) is 0 Å². The molecule has 0 unspecified atom stereocenters. The SMILES string of the molecule is CCCCCCCCCCCCCCCCCCOP(=O)(O)OCCCCCCCCCCCCCCCCCC.CCCCCCCCCCCCCCCCCCOP(=O)(O)OCCCCCCCCCCCCCCCCCC.[Zn]. The second-order valence-electron chi connectivity index (χ2n) is 25.5. The van der Waals surface area contributed by atoms with Crippen LogP contribution in [0.1, 0.15) is 439 Å². The maximum absolute atomic E-state index is 12.0. The molecule has 0 aromatic heterocycles. The zero-order chi connectivity index (χ0) is 59.9. The summed E-state index contributed by atoms with van der Waals surface area (Å²) >= 11 is 0. The standard InChI is InChI=1S/2C36H75O4P.Zn/c2*1-3-5-7-9-11-13-15-17-19-21-23-25-27-29-31-33-35-39-41(37,38)40-36-34-32-30-28-26-24-22-20-18-16-14-12-10-8-6-4-2;/h2*3-36H2,1-2H3,(H,37,38);. The molecular weight excluding hydrogens is 1120 g/mol. The van der Waals surface area contributed by atoms with E-state index in [0.717, 1.165) is 51.4 Å². The molecule has 0 aliphatic carbocycles. The second-order valence-corrected chi connectivity index (χ2v) is 28.4. The van der Waals surface area contributed by atoms with Crippen molar-refractivity contribution in [3.63, 3.8) is 0 Å². The van der Waals surface area contributed by atoms with Crippen molar-refractivity contribution in [1.82, 2.24) is 0 Å². The molecule has 0 fully saturated rings. The molecule has 2 N–H and O–H groups in total. The Bertz CT molecular complexity index is 1070. The summed E-state index contributed by atoms with van der Waals surface area (Å²) in [5, 5.41) is 0. The number of hydrogen-bond acceptors (Lipinski definition) is 6. The minimum atomic E-state index is -3.87. The fraction of sp³-hybridized carbons (Fsp3) is 1.00. The smallest absolute Gasteiger partial charge is 0.302 e. The summed E-state index contributed by atoms with van der Waals surface area (Å²) in [6.45, 7) is 10.4. The minimum absolute atomic E-state index is 0. The van der Waals surface area contributed by atoms with Gasteiger partial charge in [-0.25, -0.2) is 9.13 Å². The van der Waals surface area contributed by atoms with Crippen molar-refractivity contribution < 1.29 is 56.5 Å². The monoisotopic (exact) mass is 1270 g/mol. The molecule has 0 aromatic carbocycles. The van der Waals surface area contributed by atoms with Crippen LogP contribution in [0, 0.1) is 0 Å². The van der Waals surface area contributed by atoms with E-state index < -0.39 is 15.6 Å². The van der Waals surface area contributed by atoms with Crippen molar-refractivity contribution in [2.45, 2.75) is 439 Å². The van der Waals surface area contributed by atoms with Gasteiger partial charge in [0.2, 0.25) is 0 Å². The number of hydrogen-bond donors (Lipinski definition) is 2. The van der Waals surface area contributed by atoms with E-state index in [1.807, 2.05) is 0 Å². The van der Waals surface area contributed by atoms with Gasteiger partial charge in [-0.3, -0.25) is 18.1 Å². The Labute approximate surface area is 534 Å². The normalized spacial score (nSPS) is 11.8. The van der Waals surface area contributed by atoms with Crippen LogP contribution in [0.5, 0.6) is 0 Å². The van der Waals surface area contributed by atoms with Gasteiger partial charge in [0.25, 0.3) is 0 Å². The van der Waals surface area contributed by atoms with Gasteiger partial charge in [-0.1, -0.05) is 413 Å². The molecule has 0 aromatic rings. The van der Waals surface area contributed by atoms with E-state index in [-0.39, 0.29) is 19.5 Å². The summed E-state index contributed by atoms with van der Waals surface area (Å²) < 4.78 is 44.8. The number of unbranched alkanes of at least 4 members (excludes halogenated alkanes) is 60. The summed E-state index contributed by atoms with van der Waals surface area (Å²) in [7, 11) is -7.74. The third kappa shape index (κ3) is 82.8. The van der Waals surface area contributed by atoms with E-state index >= 15 is 0 Å². The van der Waals surface area contributed by atoms with Crippen molar-refractivity contribution in [1.29, 1.82) is 0 Å². The maximum atomic E-state index is 12.0. The van der Waals surface area contributed by atoms with Gasteiger partial charge in [-0.15, -0.1) is 0 Å². The van der Waals surface area contributed by atoms with Crippen LogP contribution >= 0.6 is 15.6 Å². The van der Waals surface area contributed by atoms with Gasteiger partial charge in [0, 0.05) is 19.5 Å². The summed E-state index contributed by atoms with van der Waals surface area (Å²) in [5.74, 6) is 0. The minimum Gasteiger partial charge on any atom is -0.302 e. The maximum Gasteiger partial charge on any atom is 0.472 e. The molecule has 0 saturated carbocycles. The average Bonchev–Trinajstić information content (AvgIpc) is 3.46. The molecule has 0 atom stereocenters. The topological polar surface area (TPSA) is 112 Å². The predicted octanol–water partition coefficient (Wildman–Crippen LogP) is 27.3. The number of phosphoric ester groups is 2. The van der Waals surface area contributed by atoms with Gasteiger partial charge >= 0.3 is 15.6 Å². The summed E-state index contributed by atoms with van der Waals surface area (Å²) in [5.41, 5.74) is 0. The Morgan fingerprint density at radius 1 is 0.181 bits per heavy atom. The van der Waals surface area contributed by atoms with Crippen LogP contribution in [-0.2, 0) is 46.7 Å². The summed E-state index contributed by atoms with van der Waals surface area (Å²) in [6.07, 6.45) is 84.4. The Balaban J connectivity index is -0.00000152. The van der Waals surface area contributed by atoms with E-state index in [4.69, 9.17) is 18.1 Å². The van der Waals surface area contributed by atoms with E-state index in [2.05, 4.69) is 27.7 Å². The van der Waals surface area contributed by atoms with Gasteiger partial charge in [0.15, 0.2) is 0 Å². The van der Waals surface area contributed by atoms with Crippen LogP contribution in [0.25, 0.3) is 0 Å². The van der Waals surface area contributed by atoms with E-state index in [0.29, 0.717) is 26.4 Å². The van der Waals surface area contributed by atoms with Crippen LogP contribution < -0.4 is 0 Å². The summed E-state index contributed by atoms with van der Waals surface area (Å²) in [4.78, 5) is 19.8. The van der Waals surface area contributed by atoms with Crippen molar-refractivity contribution >= 4 is 15.6 Å². The van der Waals surface area contributed by atoms with E-state index in [1.54, 1.807) is 0 Å². The number of rotatable bonds is 72. The largest absolute Gasteiger partial charge is 0.472 e. The molecule has 0 heterocycles. The quantitative estimate of drug-likeness (QED) is 0.0352. The molecule has 83 heavy (non-hydrogen) atoms. The van der Waals surface area contributed by atoms with Crippen molar-refractivity contribution in [3.8, 4) is 0 Å². The predicted molar refractivity (Wildman–Crippen MR) is 362 cm³/mol. The third-order valence-electron chi connectivity index (χ3n) is 17.0. The molecule has 0 rings (SSSR count). The van der Waals surface area contributed by atoms with Gasteiger partial charge in [0.1, 0.15) is 0 Å². The fourth-order valence-corrected chi connectivity index (χ4v) is 13.0. The van der Waals surface area contributed by atoms with Crippen LogP contribution in [0.2, 0.25) is 0 Å². The Hall–Kier alpha value is 0.843. The molecule has 0 aliphatic rings. The molecule has 8 nitrogen and oxygen atoms in total. The van der Waals surface area contributed by atoms with Crippen LogP contribution in [-0.4, -0.2) is 36.2 Å². The van der Waals surface area contributed by atoms with E-state index in [9.17, 15) is 18.9 Å². The molecule has 498 valence electrons. The zero-order valence-electron chi connectivity index (χ0n) is 57.0. The second kappa shape index (κ2) is 77.1. The first-order chi connectivity index (χ1) is 40.2. The van der Waals surface area contributed by atoms with E-state index in [1.165, 1.54) is 360 Å². The zero-order valence-corrected chi connectivity index (χ0v) is 61.8. The molecule has 0 spiro atoms. The Morgan fingerprint density at radius 2 is 0.265 bits per heavy atom. The number of phosphoric acid groups is 2. The van der Waals surface area contributed by atoms with Crippen LogP contribution in [0.15, 0.2) is 0 Å². The third-order valence-corrected chi connectivity index (χ3v) is 19.0. The van der Waals surface area contributed by atoms with Crippen molar-refractivity contribution in [2.75, 3.05) is 26.4 Å². The fourth-order valence-electron chi connectivity index (χ4n) is 11.4. The first-order valence-corrected chi connectivity index (χ1v) is 40.5. The molecule has 0 bridgehead atoms. The molecule has 0 saturated heterocycles. The summed E-state index contributed by atoms with van der Waals surface area (Å²) in [6, 6.07) is 0. The van der Waals surface area contributed by atoms with Gasteiger partial charge in [-0.05, 0) is 25.7 Å². The van der Waals surface area contributed by atoms with Crippen molar-refractivity contribution in [3.05, 3.63) is 0 Å². The molecular formula is C72H150O8P2Zn. The van der Waals surface area contributed by atoms with Gasteiger partial charge < -0.3 is 9.79 Å². The molecule has 0 aliphatic heterocycles. The first kappa shape index (κ1) is 88.0. The Morgan fingerprint density at radius 3 is 0.361 bits per heavy atom. The average molecular weight is 1270 g/mol. The van der Waals surface area contributed by atoms with Gasteiger partial charge in [0.05, 0.1) is 26.4 Å². The Kier molecular flexibility index (Phi) is 81.8. The van der Waals surface area contributed by atoms with Crippen LogP contribution in [0.4, 0.5) is 0 Å².